The van der Waals surface area contributed by atoms with Crippen LogP contribution in [0.5, 0.6) is 0 Å². The zero-order chi connectivity index (χ0) is 18.2. The highest BCUT2D eigenvalue weighted by molar-refractivity contribution is 7.89. The SMILES string of the molecule is CN(Cc1ccccc1)C1COC2(C1)CN(S(=O)(=O)c1cccnc1)C2. The summed E-state index contributed by atoms with van der Waals surface area (Å²) in [6, 6.07) is 13.9. The van der Waals surface area contributed by atoms with Gasteiger partial charge < -0.3 is 4.74 Å². The summed E-state index contributed by atoms with van der Waals surface area (Å²) in [6.45, 7) is 2.34. The molecule has 1 atom stereocenters. The Kier molecular flexibility index (Phi) is 4.56. The number of aromatic nitrogens is 1. The predicted octanol–water partition coefficient (Wildman–Crippen LogP) is 1.75. The van der Waals surface area contributed by atoms with Gasteiger partial charge in [0.05, 0.1) is 12.2 Å². The summed E-state index contributed by atoms with van der Waals surface area (Å²) < 4.78 is 32.8. The van der Waals surface area contributed by atoms with Crippen molar-refractivity contribution in [1.82, 2.24) is 14.2 Å². The minimum atomic E-state index is -3.47. The molecule has 2 aromatic rings. The number of nitrogens with zero attached hydrogens (tertiary/aromatic N) is 3. The van der Waals surface area contributed by atoms with Crippen molar-refractivity contribution in [1.29, 1.82) is 0 Å². The average Bonchev–Trinajstić information content (AvgIpc) is 3.08. The lowest BCUT2D eigenvalue weighted by molar-refractivity contribution is -0.0774. The predicted molar refractivity (Wildman–Crippen MR) is 98.0 cm³/mol. The molecule has 2 aliphatic rings. The fourth-order valence-corrected chi connectivity index (χ4v) is 5.29. The third kappa shape index (κ3) is 3.27. The quantitative estimate of drug-likeness (QED) is 0.799. The first kappa shape index (κ1) is 17.6. The van der Waals surface area contributed by atoms with Gasteiger partial charge in [-0.1, -0.05) is 30.3 Å². The van der Waals surface area contributed by atoms with E-state index >= 15 is 0 Å². The number of ether oxygens (including phenoxy) is 1. The molecule has 0 radical (unpaired) electrons. The molecule has 138 valence electrons. The maximum Gasteiger partial charge on any atom is 0.244 e. The molecule has 3 heterocycles. The average molecular weight is 373 g/mol. The van der Waals surface area contributed by atoms with Crippen LogP contribution < -0.4 is 0 Å². The summed E-state index contributed by atoms with van der Waals surface area (Å²) in [4.78, 5) is 6.45. The fourth-order valence-electron chi connectivity index (χ4n) is 3.74. The Morgan fingerprint density at radius 1 is 1.23 bits per heavy atom. The Morgan fingerprint density at radius 2 is 2.00 bits per heavy atom. The molecule has 0 N–H and O–H groups in total. The number of likely N-dealkylation sites (N-methyl/N-ethyl adjacent to an activating group) is 1. The van der Waals surface area contributed by atoms with Crippen molar-refractivity contribution >= 4 is 10.0 Å². The molecule has 0 aliphatic carbocycles. The van der Waals surface area contributed by atoms with Gasteiger partial charge in [0.1, 0.15) is 4.90 Å². The van der Waals surface area contributed by atoms with E-state index in [-0.39, 0.29) is 10.5 Å². The Hall–Kier alpha value is -1.80. The zero-order valence-corrected chi connectivity index (χ0v) is 15.6. The molecule has 6 nitrogen and oxygen atoms in total. The Bertz CT molecular complexity index is 852. The van der Waals surface area contributed by atoms with Gasteiger partial charge >= 0.3 is 0 Å². The first-order valence-corrected chi connectivity index (χ1v) is 10.2. The molecule has 2 aliphatic heterocycles. The van der Waals surface area contributed by atoms with Crippen molar-refractivity contribution in [3.63, 3.8) is 0 Å². The minimum Gasteiger partial charge on any atom is -0.371 e. The maximum atomic E-state index is 12.6. The lowest BCUT2D eigenvalue weighted by Gasteiger charge is -2.46. The molecule has 4 rings (SSSR count). The molecule has 0 amide bonds. The van der Waals surface area contributed by atoms with Crippen LogP contribution in [0.25, 0.3) is 0 Å². The van der Waals surface area contributed by atoms with Crippen molar-refractivity contribution in [2.75, 3.05) is 26.7 Å². The number of pyridine rings is 1. The van der Waals surface area contributed by atoms with E-state index in [1.54, 1.807) is 18.3 Å². The molecule has 1 spiro atoms. The topological polar surface area (TPSA) is 62.7 Å². The monoisotopic (exact) mass is 373 g/mol. The van der Waals surface area contributed by atoms with E-state index in [9.17, 15) is 8.42 Å². The third-order valence-corrected chi connectivity index (χ3v) is 7.06. The molecule has 26 heavy (non-hydrogen) atoms. The van der Waals surface area contributed by atoms with Crippen molar-refractivity contribution < 1.29 is 13.2 Å². The van der Waals surface area contributed by atoms with Crippen LogP contribution in [-0.4, -0.2) is 61.0 Å². The summed E-state index contributed by atoms with van der Waals surface area (Å²) in [5.41, 5.74) is 0.926. The van der Waals surface area contributed by atoms with E-state index in [0.29, 0.717) is 25.7 Å². The first-order chi connectivity index (χ1) is 12.5. The summed E-state index contributed by atoms with van der Waals surface area (Å²) in [5.74, 6) is 0. The fraction of sp³-hybridized carbons (Fsp3) is 0.421. The zero-order valence-electron chi connectivity index (χ0n) is 14.8. The van der Waals surface area contributed by atoms with Crippen molar-refractivity contribution in [3.8, 4) is 0 Å². The van der Waals surface area contributed by atoms with E-state index < -0.39 is 10.0 Å². The normalized spacial score (nSPS) is 22.6. The lowest BCUT2D eigenvalue weighted by atomic mass is 9.91. The van der Waals surface area contributed by atoms with Crippen LogP contribution in [0.2, 0.25) is 0 Å². The maximum absolute atomic E-state index is 12.6. The van der Waals surface area contributed by atoms with Gasteiger partial charge in [-0.25, -0.2) is 8.42 Å². The second-order valence-corrected chi connectivity index (χ2v) is 9.15. The summed E-state index contributed by atoms with van der Waals surface area (Å²) >= 11 is 0. The molecule has 0 bridgehead atoms. The number of hydrogen-bond donors (Lipinski definition) is 0. The minimum absolute atomic E-state index is 0.241. The molecule has 7 heteroatoms. The second kappa shape index (κ2) is 6.74. The molecule has 1 aromatic heterocycles. The molecule has 2 saturated heterocycles. The van der Waals surface area contributed by atoms with Gasteiger partial charge in [0.2, 0.25) is 10.0 Å². The Labute approximate surface area is 154 Å². The molecular weight excluding hydrogens is 350 g/mol. The van der Waals surface area contributed by atoms with Gasteiger partial charge in [0, 0.05) is 38.1 Å². The molecule has 0 saturated carbocycles. The standard InChI is InChI=1S/C19H23N3O3S/c1-21(12-16-6-3-2-4-7-16)17-10-19(25-13-17)14-22(15-19)26(23,24)18-8-5-9-20-11-18/h2-9,11,17H,10,12-15H2,1H3. The Morgan fingerprint density at radius 3 is 2.69 bits per heavy atom. The van der Waals surface area contributed by atoms with Gasteiger partial charge in [-0.05, 0) is 31.2 Å². The van der Waals surface area contributed by atoms with E-state index in [1.807, 2.05) is 18.2 Å². The molecule has 2 fully saturated rings. The number of rotatable bonds is 5. The first-order valence-electron chi connectivity index (χ1n) is 8.77. The van der Waals surface area contributed by atoms with E-state index in [4.69, 9.17) is 4.74 Å². The summed E-state index contributed by atoms with van der Waals surface area (Å²) in [6.07, 6.45) is 3.82. The lowest BCUT2D eigenvalue weighted by Crippen LogP contribution is -2.63. The number of sulfonamides is 1. The van der Waals surface area contributed by atoms with Crippen LogP contribution in [0, 0.1) is 0 Å². The van der Waals surface area contributed by atoms with Crippen LogP contribution in [0.3, 0.4) is 0 Å². The molecule has 1 aromatic carbocycles. The summed E-state index contributed by atoms with van der Waals surface area (Å²) in [7, 11) is -1.37. The number of benzene rings is 1. The number of hydrogen-bond acceptors (Lipinski definition) is 5. The third-order valence-electron chi connectivity index (χ3n) is 5.29. The molecule has 1 unspecified atom stereocenters. The van der Waals surface area contributed by atoms with E-state index in [1.165, 1.54) is 16.1 Å². The van der Waals surface area contributed by atoms with E-state index in [0.717, 1.165) is 13.0 Å². The highest BCUT2D eigenvalue weighted by Crippen LogP contribution is 2.39. The van der Waals surface area contributed by atoms with Gasteiger partial charge in [-0.2, -0.15) is 4.31 Å². The highest BCUT2D eigenvalue weighted by atomic mass is 32.2. The highest BCUT2D eigenvalue weighted by Gasteiger charge is 2.54. The van der Waals surface area contributed by atoms with Gasteiger partial charge in [0.15, 0.2) is 0 Å². The molecular formula is C19H23N3O3S. The van der Waals surface area contributed by atoms with Crippen LogP contribution >= 0.6 is 0 Å². The van der Waals surface area contributed by atoms with Crippen molar-refractivity contribution in [3.05, 3.63) is 60.4 Å². The van der Waals surface area contributed by atoms with Crippen molar-refractivity contribution in [2.24, 2.45) is 0 Å². The van der Waals surface area contributed by atoms with Gasteiger partial charge in [-0.15, -0.1) is 0 Å². The van der Waals surface area contributed by atoms with Gasteiger partial charge in [-0.3, -0.25) is 9.88 Å². The van der Waals surface area contributed by atoms with Crippen LogP contribution in [0.1, 0.15) is 12.0 Å². The van der Waals surface area contributed by atoms with Crippen molar-refractivity contribution in [2.45, 2.75) is 29.5 Å². The largest absolute Gasteiger partial charge is 0.371 e. The van der Waals surface area contributed by atoms with Crippen LogP contribution in [0.15, 0.2) is 59.8 Å². The van der Waals surface area contributed by atoms with Crippen LogP contribution in [0.4, 0.5) is 0 Å². The van der Waals surface area contributed by atoms with Gasteiger partial charge in [0.25, 0.3) is 0 Å². The second-order valence-electron chi connectivity index (χ2n) is 7.21. The summed E-state index contributed by atoms with van der Waals surface area (Å²) in [5, 5.41) is 0. The smallest absolute Gasteiger partial charge is 0.244 e. The Balaban J connectivity index is 1.37. The van der Waals surface area contributed by atoms with E-state index in [2.05, 4.69) is 29.1 Å². The van der Waals surface area contributed by atoms with Crippen LogP contribution in [-0.2, 0) is 21.3 Å².